The number of fused-ring (bicyclic) bond motifs is 1. The molecule has 0 aliphatic carbocycles. The second kappa shape index (κ2) is 8.21. The minimum absolute atomic E-state index is 1.09. The van der Waals surface area contributed by atoms with Crippen LogP contribution in [0.2, 0.25) is 0 Å². The predicted molar refractivity (Wildman–Crippen MR) is 85.8 cm³/mol. The number of nitrogens with zero attached hydrogens (tertiary/aromatic N) is 1. The Bertz CT molecular complexity index is 495. The van der Waals surface area contributed by atoms with Crippen LogP contribution in [0.1, 0.15) is 45.4 Å². The minimum Gasteiger partial charge on any atom is -0.256 e. The SMILES string of the molecule is CCCCCCCCSc1ccc2ncccc2c1. The van der Waals surface area contributed by atoms with Gasteiger partial charge in [-0.3, -0.25) is 4.98 Å². The molecule has 1 nitrogen and oxygen atoms in total. The van der Waals surface area contributed by atoms with Crippen LogP contribution in [0.5, 0.6) is 0 Å². The zero-order chi connectivity index (χ0) is 13.3. The molecule has 0 spiro atoms. The highest BCUT2D eigenvalue weighted by atomic mass is 32.2. The molecule has 0 radical (unpaired) electrons. The Morgan fingerprint density at radius 2 is 1.84 bits per heavy atom. The summed E-state index contributed by atoms with van der Waals surface area (Å²) in [6.45, 7) is 2.27. The molecule has 1 aromatic heterocycles. The summed E-state index contributed by atoms with van der Waals surface area (Å²) in [6, 6.07) is 10.7. The smallest absolute Gasteiger partial charge is 0.0702 e. The van der Waals surface area contributed by atoms with E-state index in [1.165, 1.54) is 54.6 Å². The molecule has 2 rings (SSSR count). The van der Waals surface area contributed by atoms with Crippen molar-refractivity contribution in [2.75, 3.05) is 5.75 Å². The van der Waals surface area contributed by atoms with Crippen LogP contribution in [0.15, 0.2) is 41.4 Å². The Kier molecular flexibility index (Phi) is 6.22. The van der Waals surface area contributed by atoms with Crippen LogP contribution < -0.4 is 0 Å². The van der Waals surface area contributed by atoms with E-state index in [4.69, 9.17) is 0 Å². The molecular formula is C17H23NS. The Balaban J connectivity index is 1.72. The van der Waals surface area contributed by atoms with E-state index in [0.29, 0.717) is 0 Å². The fourth-order valence-corrected chi connectivity index (χ4v) is 3.17. The lowest BCUT2D eigenvalue weighted by molar-refractivity contribution is 0.627. The minimum atomic E-state index is 1.09. The summed E-state index contributed by atoms with van der Waals surface area (Å²) in [5.74, 6) is 1.23. The van der Waals surface area contributed by atoms with Gasteiger partial charge in [-0.2, -0.15) is 0 Å². The average molecular weight is 273 g/mol. The normalized spacial score (nSPS) is 11.0. The van der Waals surface area contributed by atoms with Crippen molar-refractivity contribution in [1.82, 2.24) is 4.98 Å². The summed E-state index contributed by atoms with van der Waals surface area (Å²) >= 11 is 1.97. The lowest BCUT2D eigenvalue weighted by Gasteiger charge is -2.03. The number of hydrogen-bond acceptors (Lipinski definition) is 2. The van der Waals surface area contributed by atoms with Crippen molar-refractivity contribution < 1.29 is 0 Å². The third-order valence-corrected chi connectivity index (χ3v) is 4.42. The van der Waals surface area contributed by atoms with Gasteiger partial charge in [-0.25, -0.2) is 0 Å². The third-order valence-electron chi connectivity index (χ3n) is 3.34. The Labute approximate surface area is 120 Å². The van der Waals surface area contributed by atoms with Gasteiger partial charge in [0, 0.05) is 16.5 Å². The average Bonchev–Trinajstić information content (AvgIpc) is 2.46. The molecule has 0 aliphatic heterocycles. The summed E-state index contributed by atoms with van der Waals surface area (Å²) in [5.41, 5.74) is 1.09. The molecule has 0 aliphatic rings. The van der Waals surface area contributed by atoms with E-state index in [9.17, 15) is 0 Å². The van der Waals surface area contributed by atoms with Gasteiger partial charge in [0.15, 0.2) is 0 Å². The van der Waals surface area contributed by atoms with E-state index in [0.717, 1.165) is 5.52 Å². The molecule has 0 fully saturated rings. The van der Waals surface area contributed by atoms with E-state index < -0.39 is 0 Å². The topological polar surface area (TPSA) is 12.9 Å². The van der Waals surface area contributed by atoms with Crippen LogP contribution in [0, 0.1) is 0 Å². The second-order valence-electron chi connectivity index (χ2n) is 4.97. The third kappa shape index (κ3) is 4.87. The van der Waals surface area contributed by atoms with Crippen molar-refractivity contribution >= 4 is 22.7 Å². The van der Waals surface area contributed by atoms with E-state index in [1.807, 2.05) is 24.0 Å². The van der Waals surface area contributed by atoms with Gasteiger partial charge in [-0.15, -0.1) is 11.8 Å². The zero-order valence-corrected chi connectivity index (χ0v) is 12.6. The van der Waals surface area contributed by atoms with Crippen molar-refractivity contribution in [3.05, 3.63) is 36.5 Å². The fraction of sp³-hybridized carbons (Fsp3) is 0.471. The van der Waals surface area contributed by atoms with Gasteiger partial charge in [0.25, 0.3) is 0 Å². The molecule has 102 valence electrons. The van der Waals surface area contributed by atoms with Gasteiger partial charge >= 0.3 is 0 Å². The highest BCUT2D eigenvalue weighted by Gasteiger charge is 1.98. The highest BCUT2D eigenvalue weighted by Crippen LogP contribution is 2.23. The standard InChI is InChI=1S/C17H23NS/c1-2-3-4-5-6-7-13-19-16-10-11-17-15(14-16)9-8-12-18-17/h8-12,14H,2-7,13H2,1H3. The van der Waals surface area contributed by atoms with Crippen molar-refractivity contribution in [1.29, 1.82) is 0 Å². The van der Waals surface area contributed by atoms with Crippen molar-refractivity contribution in [3.8, 4) is 0 Å². The maximum Gasteiger partial charge on any atom is 0.0702 e. The summed E-state index contributed by atoms with van der Waals surface area (Å²) in [5, 5.41) is 1.25. The number of pyridine rings is 1. The summed E-state index contributed by atoms with van der Waals surface area (Å²) in [6.07, 6.45) is 10.1. The van der Waals surface area contributed by atoms with Crippen molar-refractivity contribution in [3.63, 3.8) is 0 Å². The molecule has 0 saturated carbocycles. The number of unbranched alkanes of at least 4 members (excludes halogenated alkanes) is 5. The zero-order valence-electron chi connectivity index (χ0n) is 11.8. The molecule has 2 aromatic rings. The van der Waals surface area contributed by atoms with E-state index in [2.05, 4.69) is 36.2 Å². The molecule has 0 N–H and O–H groups in total. The lowest BCUT2D eigenvalue weighted by Crippen LogP contribution is -1.83. The number of rotatable bonds is 8. The van der Waals surface area contributed by atoms with Crippen LogP contribution in [0.4, 0.5) is 0 Å². The number of hydrogen-bond donors (Lipinski definition) is 0. The highest BCUT2D eigenvalue weighted by molar-refractivity contribution is 7.99. The van der Waals surface area contributed by atoms with Gasteiger partial charge < -0.3 is 0 Å². The molecule has 2 heteroatoms. The summed E-state index contributed by atoms with van der Waals surface area (Å²) < 4.78 is 0. The quantitative estimate of drug-likeness (QED) is 0.453. The summed E-state index contributed by atoms with van der Waals surface area (Å²) in [7, 11) is 0. The molecule has 0 unspecified atom stereocenters. The molecule has 0 bridgehead atoms. The van der Waals surface area contributed by atoms with Gasteiger partial charge in [-0.1, -0.05) is 45.1 Å². The molecule has 19 heavy (non-hydrogen) atoms. The number of benzene rings is 1. The lowest BCUT2D eigenvalue weighted by atomic mass is 10.1. The van der Waals surface area contributed by atoms with Gasteiger partial charge in [0.2, 0.25) is 0 Å². The monoisotopic (exact) mass is 273 g/mol. The fourth-order valence-electron chi connectivity index (χ4n) is 2.22. The largest absolute Gasteiger partial charge is 0.256 e. The van der Waals surface area contributed by atoms with Crippen LogP contribution in [-0.4, -0.2) is 10.7 Å². The summed E-state index contributed by atoms with van der Waals surface area (Å²) in [4.78, 5) is 5.72. The Morgan fingerprint density at radius 3 is 2.74 bits per heavy atom. The van der Waals surface area contributed by atoms with E-state index in [1.54, 1.807) is 0 Å². The molecule has 0 saturated heterocycles. The first kappa shape index (κ1) is 14.4. The van der Waals surface area contributed by atoms with Crippen LogP contribution >= 0.6 is 11.8 Å². The maximum absolute atomic E-state index is 4.35. The van der Waals surface area contributed by atoms with Gasteiger partial charge in [0.05, 0.1) is 5.52 Å². The maximum atomic E-state index is 4.35. The van der Waals surface area contributed by atoms with Crippen molar-refractivity contribution in [2.24, 2.45) is 0 Å². The second-order valence-corrected chi connectivity index (χ2v) is 6.14. The molecular weight excluding hydrogens is 250 g/mol. The Morgan fingerprint density at radius 1 is 1.00 bits per heavy atom. The van der Waals surface area contributed by atoms with E-state index in [-0.39, 0.29) is 0 Å². The predicted octanol–water partition coefficient (Wildman–Crippen LogP) is 5.69. The molecule has 0 atom stereocenters. The molecule has 1 aromatic carbocycles. The first-order valence-electron chi connectivity index (χ1n) is 7.38. The van der Waals surface area contributed by atoms with Crippen molar-refractivity contribution in [2.45, 2.75) is 50.3 Å². The molecule has 1 heterocycles. The van der Waals surface area contributed by atoms with Gasteiger partial charge in [-0.05, 0) is 36.4 Å². The molecule has 0 amide bonds. The van der Waals surface area contributed by atoms with E-state index >= 15 is 0 Å². The number of aromatic nitrogens is 1. The number of thioether (sulfide) groups is 1. The first-order chi connectivity index (χ1) is 9.40. The van der Waals surface area contributed by atoms with Crippen LogP contribution in [0.25, 0.3) is 10.9 Å². The van der Waals surface area contributed by atoms with Crippen LogP contribution in [-0.2, 0) is 0 Å². The first-order valence-corrected chi connectivity index (χ1v) is 8.36. The van der Waals surface area contributed by atoms with Crippen LogP contribution in [0.3, 0.4) is 0 Å². The Hall–Kier alpha value is -1.02. The van der Waals surface area contributed by atoms with Gasteiger partial charge in [0.1, 0.15) is 0 Å².